The number of aromatic nitrogens is 2. The molecule has 3 atom stereocenters. The van der Waals surface area contributed by atoms with Gasteiger partial charge in [-0.1, -0.05) is 51.1 Å². The molecule has 228 valence electrons. The Morgan fingerprint density at radius 2 is 1.79 bits per heavy atom. The van der Waals surface area contributed by atoms with E-state index in [1.807, 2.05) is 43.3 Å². The van der Waals surface area contributed by atoms with Crippen molar-refractivity contribution in [2.45, 2.75) is 91.2 Å². The predicted molar refractivity (Wildman–Crippen MR) is 172 cm³/mol. The summed E-state index contributed by atoms with van der Waals surface area (Å²) in [6.07, 6.45) is 3.07. The molecule has 1 fully saturated rings. The molecule has 4 rings (SSSR count). The van der Waals surface area contributed by atoms with Crippen LogP contribution >= 0.6 is 0 Å². The van der Waals surface area contributed by atoms with Gasteiger partial charge in [0.25, 0.3) is 0 Å². The third-order valence-electron chi connectivity index (χ3n) is 7.61. The van der Waals surface area contributed by atoms with Gasteiger partial charge in [0.05, 0.1) is 16.2 Å². The lowest BCUT2D eigenvalue weighted by Crippen LogP contribution is -2.43. The van der Waals surface area contributed by atoms with Crippen molar-refractivity contribution < 1.29 is 13.7 Å². The van der Waals surface area contributed by atoms with E-state index in [1.165, 1.54) is 0 Å². The Morgan fingerprint density at radius 1 is 1.07 bits per heavy atom. The summed E-state index contributed by atoms with van der Waals surface area (Å²) in [6, 6.07) is 15.8. The van der Waals surface area contributed by atoms with Crippen molar-refractivity contribution >= 4 is 16.9 Å². The predicted octanol–water partition coefficient (Wildman–Crippen LogP) is 7.18. The first-order chi connectivity index (χ1) is 19.8. The van der Waals surface area contributed by atoms with Gasteiger partial charge in [-0.2, -0.15) is 4.98 Å². The molecule has 7 nitrogen and oxygen atoms in total. The SMILES string of the molecule is Cc1cccc(S(=O)Nc2nc(OCC(CC(C)(C)C)NCC3CCOC(C)(C)C3)cc(-c3c(C)cccc3C)n2)c1. The Hall–Kier alpha value is -2.81. The molecule has 1 aliphatic heterocycles. The highest BCUT2D eigenvalue weighted by Crippen LogP contribution is 2.31. The second-order valence-electron chi connectivity index (χ2n) is 13.5. The molecule has 2 heterocycles. The molecule has 0 aliphatic carbocycles. The summed E-state index contributed by atoms with van der Waals surface area (Å²) < 4.78 is 28.6. The molecule has 2 N–H and O–H groups in total. The number of nitrogens with one attached hydrogen (secondary N) is 2. The molecule has 1 saturated heterocycles. The Bertz CT molecular complexity index is 1370. The standard InChI is InChI=1S/C34H48N4O3S/c1-23-11-9-14-28(17-23)42(39)38-32-36-29(31-24(2)12-10-13-25(31)3)18-30(37-32)40-22-27(20-33(4,5)6)35-21-26-15-16-41-34(7,8)19-26/h9-14,17-18,26-27,35H,15-16,19-22H2,1-8H3,(H,36,37,38). The Balaban J connectivity index is 1.57. The van der Waals surface area contributed by atoms with Crippen LogP contribution in [-0.4, -0.2) is 45.6 Å². The van der Waals surface area contributed by atoms with Crippen LogP contribution in [0.15, 0.2) is 53.4 Å². The monoisotopic (exact) mass is 592 g/mol. The molecule has 3 aromatic rings. The zero-order valence-electron chi connectivity index (χ0n) is 26.5. The highest BCUT2D eigenvalue weighted by molar-refractivity contribution is 7.86. The molecule has 1 aliphatic rings. The first-order valence-electron chi connectivity index (χ1n) is 15.0. The smallest absolute Gasteiger partial charge is 0.238 e. The van der Waals surface area contributed by atoms with Crippen molar-refractivity contribution in [3.05, 3.63) is 65.2 Å². The summed E-state index contributed by atoms with van der Waals surface area (Å²) >= 11 is 0. The van der Waals surface area contributed by atoms with Gasteiger partial charge < -0.3 is 14.8 Å². The van der Waals surface area contributed by atoms with Gasteiger partial charge in [-0.25, -0.2) is 9.19 Å². The Labute approximate surface area is 254 Å². The van der Waals surface area contributed by atoms with Crippen molar-refractivity contribution in [2.75, 3.05) is 24.5 Å². The largest absolute Gasteiger partial charge is 0.476 e. The van der Waals surface area contributed by atoms with Crippen molar-refractivity contribution in [3.63, 3.8) is 0 Å². The number of ether oxygens (including phenoxy) is 2. The number of hydrogen-bond donors (Lipinski definition) is 2. The van der Waals surface area contributed by atoms with E-state index in [0.717, 1.165) is 60.4 Å². The van der Waals surface area contributed by atoms with Crippen LogP contribution in [0.5, 0.6) is 5.88 Å². The average Bonchev–Trinajstić information content (AvgIpc) is 2.89. The van der Waals surface area contributed by atoms with Crippen LogP contribution in [0, 0.1) is 32.1 Å². The third-order valence-corrected chi connectivity index (χ3v) is 8.66. The minimum atomic E-state index is -1.52. The number of aryl methyl sites for hydroxylation is 3. The van der Waals surface area contributed by atoms with E-state index in [0.29, 0.717) is 23.3 Å². The molecular formula is C34H48N4O3S. The normalized spacial score (nSPS) is 18.3. The number of rotatable bonds is 11. The van der Waals surface area contributed by atoms with Gasteiger partial charge in [0, 0.05) is 24.3 Å². The topological polar surface area (TPSA) is 85.4 Å². The van der Waals surface area contributed by atoms with Crippen LogP contribution in [0.25, 0.3) is 11.3 Å². The lowest BCUT2D eigenvalue weighted by molar-refractivity contribution is -0.0723. The molecule has 8 heteroatoms. The van der Waals surface area contributed by atoms with Crippen molar-refractivity contribution in [1.29, 1.82) is 0 Å². The second kappa shape index (κ2) is 13.7. The molecule has 3 unspecified atom stereocenters. The van der Waals surface area contributed by atoms with Gasteiger partial charge >= 0.3 is 0 Å². The fourth-order valence-corrected chi connectivity index (χ4v) is 6.61. The van der Waals surface area contributed by atoms with Gasteiger partial charge in [0.2, 0.25) is 11.8 Å². The summed E-state index contributed by atoms with van der Waals surface area (Å²) in [7, 11) is -1.52. The number of nitrogens with zero attached hydrogens (tertiary/aromatic N) is 2. The zero-order valence-corrected chi connectivity index (χ0v) is 27.4. The highest BCUT2D eigenvalue weighted by Gasteiger charge is 2.29. The van der Waals surface area contributed by atoms with E-state index in [4.69, 9.17) is 14.5 Å². The van der Waals surface area contributed by atoms with Crippen molar-refractivity contribution in [2.24, 2.45) is 11.3 Å². The van der Waals surface area contributed by atoms with Crippen LogP contribution in [0.4, 0.5) is 5.95 Å². The van der Waals surface area contributed by atoms with E-state index in [-0.39, 0.29) is 23.0 Å². The number of anilines is 1. The summed E-state index contributed by atoms with van der Waals surface area (Å²) in [5, 5.41) is 3.80. The second-order valence-corrected chi connectivity index (χ2v) is 14.7. The lowest BCUT2D eigenvalue weighted by Gasteiger charge is -2.36. The Morgan fingerprint density at radius 3 is 2.45 bits per heavy atom. The summed E-state index contributed by atoms with van der Waals surface area (Å²) in [6.45, 7) is 19.4. The maximum Gasteiger partial charge on any atom is 0.238 e. The van der Waals surface area contributed by atoms with E-state index >= 15 is 0 Å². The van der Waals surface area contributed by atoms with E-state index < -0.39 is 11.0 Å². The molecule has 2 aromatic carbocycles. The maximum atomic E-state index is 13.2. The van der Waals surface area contributed by atoms with Crippen molar-refractivity contribution in [3.8, 4) is 17.1 Å². The van der Waals surface area contributed by atoms with E-state index in [1.54, 1.807) is 0 Å². The molecule has 0 amide bonds. The van der Waals surface area contributed by atoms with Gasteiger partial charge in [-0.15, -0.1) is 0 Å². The van der Waals surface area contributed by atoms with Gasteiger partial charge in [0.15, 0.2) is 11.0 Å². The summed E-state index contributed by atoms with van der Waals surface area (Å²) in [5.41, 5.74) is 5.08. The average molecular weight is 593 g/mol. The minimum Gasteiger partial charge on any atom is -0.476 e. The summed E-state index contributed by atoms with van der Waals surface area (Å²) in [4.78, 5) is 10.1. The molecule has 1 aromatic heterocycles. The van der Waals surface area contributed by atoms with Gasteiger partial charge in [-0.05, 0) is 101 Å². The van der Waals surface area contributed by atoms with Gasteiger partial charge in [0.1, 0.15) is 6.61 Å². The quantitative estimate of drug-likeness (QED) is 0.245. The van der Waals surface area contributed by atoms with Crippen LogP contribution in [0.2, 0.25) is 0 Å². The number of hydrogen-bond acceptors (Lipinski definition) is 6. The van der Waals surface area contributed by atoms with Crippen LogP contribution < -0.4 is 14.8 Å². The fourth-order valence-electron chi connectivity index (χ4n) is 5.74. The van der Waals surface area contributed by atoms with Gasteiger partial charge in [-0.3, -0.25) is 4.72 Å². The third kappa shape index (κ3) is 9.35. The summed E-state index contributed by atoms with van der Waals surface area (Å²) in [5.74, 6) is 1.30. The van der Waals surface area contributed by atoms with Crippen LogP contribution in [0.3, 0.4) is 0 Å². The Kier molecular flexibility index (Phi) is 10.4. The highest BCUT2D eigenvalue weighted by atomic mass is 32.2. The van der Waals surface area contributed by atoms with Crippen LogP contribution in [-0.2, 0) is 15.7 Å². The zero-order chi connectivity index (χ0) is 30.5. The van der Waals surface area contributed by atoms with Crippen molar-refractivity contribution in [1.82, 2.24) is 15.3 Å². The van der Waals surface area contributed by atoms with E-state index in [9.17, 15) is 4.21 Å². The molecule has 0 radical (unpaired) electrons. The minimum absolute atomic E-state index is 0.0758. The number of benzene rings is 2. The fraction of sp³-hybridized carbons (Fsp3) is 0.529. The van der Waals surface area contributed by atoms with E-state index in [2.05, 4.69) is 75.6 Å². The molecule has 42 heavy (non-hydrogen) atoms. The molecule has 0 saturated carbocycles. The molecule has 0 spiro atoms. The first kappa shape index (κ1) is 32.1. The molecular weight excluding hydrogens is 544 g/mol. The molecule has 0 bridgehead atoms. The maximum absolute atomic E-state index is 13.2. The lowest BCUT2D eigenvalue weighted by atomic mass is 9.86. The first-order valence-corrected chi connectivity index (χ1v) is 16.1. The van der Waals surface area contributed by atoms with Crippen LogP contribution in [0.1, 0.15) is 70.6 Å².